The van der Waals surface area contributed by atoms with Crippen molar-refractivity contribution in [2.24, 2.45) is 5.73 Å². The molecule has 2 rings (SSSR count). The van der Waals surface area contributed by atoms with Crippen LogP contribution >= 0.6 is 0 Å². The summed E-state index contributed by atoms with van der Waals surface area (Å²) >= 11 is 0. The van der Waals surface area contributed by atoms with E-state index in [-0.39, 0.29) is 12.0 Å². The van der Waals surface area contributed by atoms with Crippen molar-refractivity contribution < 1.29 is 9.53 Å². The minimum atomic E-state index is -0.357. The molecule has 0 radical (unpaired) electrons. The molecule has 5 heteroatoms. The summed E-state index contributed by atoms with van der Waals surface area (Å²) in [7, 11) is 0. The maximum Gasteiger partial charge on any atom is 0.359 e. The van der Waals surface area contributed by atoms with Crippen molar-refractivity contribution in [2.75, 3.05) is 6.61 Å². The van der Waals surface area contributed by atoms with Crippen LogP contribution in [-0.2, 0) is 17.6 Å². The first kappa shape index (κ1) is 10.2. The number of aromatic nitrogens is 2. The fourth-order valence-electron chi connectivity index (χ4n) is 1.89. The molecular weight excluding hydrogens is 194 g/mol. The SMILES string of the molecule is CCOC(=O)c1n[nH]c2c1C[C@@H](N)CC2. The number of hydrogen-bond donors (Lipinski definition) is 2. The maximum atomic E-state index is 11.5. The molecular formula is C10H15N3O2. The second kappa shape index (κ2) is 4.02. The van der Waals surface area contributed by atoms with Crippen molar-refractivity contribution in [3.05, 3.63) is 17.0 Å². The van der Waals surface area contributed by atoms with Crippen LogP contribution in [0.15, 0.2) is 0 Å². The van der Waals surface area contributed by atoms with Gasteiger partial charge in [0, 0.05) is 17.3 Å². The van der Waals surface area contributed by atoms with E-state index in [0.29, 0.717) is 18.7 Å². The first-order chi connectivity index (χ1) is 7.22. The van der Waals surface area contributed by atoms with Gasteiger partial charge in [-0.05, 0) is 26.2 Å². The Morgan fingerprint density at radius 1 is 1.73 bits per heavy atom. The molecule has 1 aromatic rings. The van der Waals surface area contributed by atoms with Crippen molar-refractivity contribution in [1.82, 2.24) is 10.2 Å². The minimum Gasteiger partial charge on any atom is -0.461 e. The van der Waals surface area contributed by atoms with Gasteiger partial charge < -0.3 is 10.5 Å². The zero-order chi connectivity index (χ0) is 10.8. The number of aryl methyl sites for hydroxylation is 1. The molecule has 1 atom stereocenters. The predicted octanol–water partition coefficient (Wildman–Crippen LogP) is 0.402. The van der Waals surface area contributed by atoms with Gasteiger partial charge in [-0.25, -0.2) is 4.79 Å². The Morgan fingerprint density at radius 3 is 3.27 bits per heavy atom. The summed E-state index contributed by atoms with van der Waals surface area (Å²) in [5, 5.41) is 6.88. The molecule has 1 heterocycles. The third-order valence-electron chi connectivity index (χ3n) is 2.65. The lowest BCUT2D eigenvalue weighted by molar-refractivity contribution is 0.0518. The number of nitrogens with one attached hydrogen (secondary N) is 1. The Bertz CT molecular complexity index is 373. The van der Waals surface area contributed by atoms with Crippen LogP contribution in [-0.4, -0.2) is 28.8 Å². The Balaban J connectivity index is 2.26. The molecule has 0 aliphatic heterocycles. The van der Waals surface area contributed by atoms with Crippen LogP contribution in [0.4, 0.5) is 0 Å². The van der Waals surface area contributed by atoms with Crippen LogP contribution in [0.5, 0.6) is 0 Å². The van der Waals surface area contributed by atoms with E-state index in [1.807, 2.05) is 0 Å². The number of hydrogen-bond acceptors (Lipinski definition) is 4. The van der Waals surface area contributed by atoms with Crippen LogP contribution in [0.1, 0.15) is 35.1 Å². The number of aromatic amines is 1. The maximum absolute atomic E-state index is 11.5. The van der Waals surface area contributed by atoms with E-state index >= 15 is 0 Å². The Labute approximate surface area is 88.0 Å². The van der Waals surface area contributed by atoms with E-state index in [4.69, 9.17) is 10.5 Å². The highest BCUT2D eigenvalue weighted by Gasteiger charge is 2.25. The van der Waals surface area contributed by atoms with Gasteiger partial charge in [0.15, 0.2) is 5.69 Å². The molecule has 82 valence electrons. The van der Waals surface area contributed by atoms with Gasteiger partial charge in [0.1, 0.15) is 0 Å². The van der Waals surface area contributed by atoms with Gasteiger partial charge in [0.05, 0.1) is 6.61 Å². The van der Waals surface area contributed by atoms with E-state index in [2.05, 4.69) is 10.2 Å². The summed E-state index contributed by atoms with van der Waals surface area (Å²) < 4.78 is 4.93. The second-order valence-electron chi connectivity index (χ2n) is 3.75. The topological polar surface area (TPSA) is 81.0 Å². The number of H-pyrrole nitrogens is 1. The van der Waals surface area contributed by atoms with Crippen LogP contribution in [0.25, 0.3) is 0 Å². The highest BCUT2D eigenvalue weighted by atomic mass is 16.5. The largest absolute Gasteiger partial charge is 0.461 e. The molecule has 0 bridgehead atoms. The number of rotatable bonds is 2. The Morgan fingerprint density at radius 2 is 2.53 bits per heavy atom. The van der Waals surface area contributed by atoms with E-state index in [1.165, 1.54) is 0 Å². The van der Waals surface area contributed by atoms with Gasteiger partial charge in [-0.2, -0.15) is 5.10 Å². The molecule has 1 aliphatic carbocycles. The summed E-state index contributed by atoms with van der Waals surface area (Å²) in [6.45, 7) is 2.15. The summed E-state index contributed by atoms with van der Waals surface area (Å²) in [6.07, 6.45) is 2.51. The quantitative estimate of drug-likeness (QED) is 0.691. The molecule has 0 unspecified atom stereocenters. The average molecular weight is 209 g/mol. The molecule has 15 heavy (non-hydrogen) atoms. The van der Waals surface area contributed by atoms with E-state index in [9.17, 15) is 4.79 Å². The van der Waals surface area contributed by atoms with Gasteiger partial charge in [0.25, 0.3) is 0 Å². The van der Waals surface area contributed by atoms with Crippen LogP contribution in [0.2, 0.25) is 0 Å². The van der Waals surface area contributed by atoms with Gasteiger partial charge in [-0.15, -0.1) is 0 Å². The molecule has 1 aromatic heterocycles. The standard InChI is InChI=1S/C10H15N3O2/c1-2-15-10(14)9-7-5-6(11)3-4-8(7)12-13-9/h6H,2-5,11H2,1H3,(H,12,13)/t6-/m0/s1. The van der Waals surface area contributed by atoms with Crippen molar-refractivity contribution in [3.8, 4) is 0 Å². The smallest absolute Gasteiger partial charge is 0.359 e. The summed E-state index contributed by atoms with van der Waals surface area (Å²) in [5.41, 5.74) is 8.23. The number of nitrogens with two attached hydrogens (primary N) is 1. The molecule has 0 fully saturated rings. The van der Waals surface area contributed by atoms with Crippen molar-refractivity contribution in [1.29, 1.82) is 0 Å². The van der Waals surface area contributed by atoms with Crippen LogP contribution in [0, 0.1) is 0 Å². The minimum absolute atomic E-state index is 0.128. The van der Waals surface area contributed by atoms with Gasteiger partial charge in [-0.1, -0.05) is 0 Å². The molecule has 1 aliphatic rings. The van der Waals surface area contributed by atoms with Crippen LogP contribution < -0.4 is 5.73 Å². The fraction of sp³-hybridized carbons (Fsp3) is 0.600. The van der Waals surface area contributed by atoms with Gasteiger partial charge in [-0.3, -0.25) is 5.10 Å². The van der Waals surface area contributed by atoms with Gasteiger partial charge >= 0.3 is 5.97 Å². The van der Waals surface area contributed by atoms with E-state index in [1.54, 1.807) is 6.92 Å². The Hall–Kier alpha value is -1.36. The molecule has 0 saturated heterocycles. The third-order valence-corrected chi connectivity index (χ3v) is 2.65. The van der Waals surface area contributed by atoms with Crippen LogP contribution in [0.3, 0.4) is 0 Å². The lowest BCUT2D eigenvalue weighted by atomic mass is 9.92. The molecule has 0 aromatic carbocycles. The van der Waals surface area contributed by atoms with Crippen molar-refractivity contribution >= 4 is 5.97 Å². The van der Waals surface area contributed by atoms with Crippen molar-refractivity contribution in [2.45, 2.75) is 32.2 Å². The predicted molar refractivity (Wildman–Crippen MR) is 54.5 cm³/mol. The monoisotopic (exact) mass is 209 g/mol. The van der Waals surface area contributed by atoms with Gasteiger partial charge in [0.2, 0.25) is 0 Å². The number of carbonyl (C=O) groups excluding carboxylic acids is 1. The fourth-order valence-corrected chi connectivity index (χ4v) is 1.89. The molecule has 3 N–H and O–H groups in total. The summed E-state index contributed by atoms with van der Waals surface area (Å²) in [6, 6.07) is 0.128. The summed E-state index contributed by atoms with van der Waals surface area (Å²) in [4.78, 5) is 11.5. The highest BCUT2D eigenvalue weighted by molar-refractivity contribution is 5.89. The third kappa shape index (κ3) is 1.87. The average Bonchev–Trinajstić information content (AvgIpc) is 2.60. The van der Waals surface area contributed by atoms with E-state index < -0.39 is 0 Å². The molecule has 0 spiro atoms. The normalized spacial score (nSPS) is 19.7. The lowest BCUT2D eigenvalue weighted by Crippen LogP contribution is -2.28. The lowest BCUT2D eigenvalue weighted by Gasteiger charge is -2.17. The first-order valence-electron chi connectivity index (χ1n) is 5.21. The second-order valence-corrected chi connectivity index (χ2v) is 3.75. The zero-order valence-electron chi connectivity index (χ0n) is 8.75. The number of ether oxygens (including phenoxy) is 1. The molecule has 0 saturated carbocycles. The molecule has 5 nitrogen and oxygen atoms in total. The first-order valence-corrected chi connectivity index (χ1v) is 5.21. The number of nitrogens with zero attached hydrogens (tertiary/aromatic N) is 1. The highest BCUT2D eigenvalue weighted by Crippen LogP contribution is 2.22. The Kier molecular flexibility index (Phi) is 2.73. The van der Waals surface area contributed by atoms with Crippen molar-refractivity contribution in [3.63, 3.8) is 0 Å². The number of carbonyl (C=O) groups is 1. The summed E-state index contributed by atoms with van der Waals surface area (Å²) in [5.74, 6) is -0.357. The molecule has 0 amide bonds. The zero-order valence-corrected chi connectivity index (χ0v) is 8.75. The van der Waals surface area contributed by atoms with E-state index in [0.717, 1.165) is 24.1 Å². The number of esters is 1. The number of fused-ring (bicyclic) bond motifs is 1.